The lowest BCUT2D eigenvalue weighted by Gasteiger charge is -2.09. The van der Waals surface area contributed by atoms with Crippen molar-refractivity contribution in [3.05, 3.63) is 41.7 Å². The molecule has 1 aromatic heterocycles. The van der Waals surface area contributed by atoms with Crippen LogP contribution in [0.25, 0.3) is 5.69 Å². The van der Waals surface area contributed by atoms with Crippen molar-refractivity contribution in [2.75, 3.05) is 6.61 Å². The largest absolute Gasteiger partial charge is 0.494 e. The average molecular weight is 260 g/mol. The molecular weight excluding hydrogens is 240 g/mol. The van der Waals surface area contributed by atoms with Crippen molar-refractivity contribution in [1.82, 2.24) is 9.78 Å². The third-order valence-electron chi connectivity index (χ3n) is 3.00. The Morgan fingerprint density at radius 3 is 2.53 bits per heavy atom. The molecule has 102 valence electrons. The molecule has 1 heterocycles. The van der Waals surface area contributed by atoms with Crippen LogP contribution in [0.2, 0.25) is 0 Å². The number of ether oxygens (including phenoxy) is 1. The number of aliphatic hydroxyl groups is 1. The van der Waals surface area contributed by atoms with Crippen LogP contribution in [0.5, 0.6) is 5.75 Å². The number of nitrogens with zero attached hydrogens (tertiary/aromatic N) is 2. The van der Waals surface area contributed by atoms with Gasteiger partial charge in [0.25, 0.3) is 0 Å². The van der Waals surface area contributed by atoms with Gasteiger partial charge in [0.1, 0.15) is 5.75 Å². The summed E-state index contributed by atoms with van der Waals surface area (Å²) in [7, 11) is 0. The van der Waals surface area contributed by atoms with Crippen LogP contribution >= 0.6 is 0 Å². The molecule has 2 rings (SSSR count). The molecule has 4 nitrogen and oxygen atoms in total. The molecule has 0 unspecified atom stereocenters. The quantitative estimate of drug-likeness (QED) is 0.868. The number of hydrogen-bond acceptors (Lipinski definition) is 3. The van der Waals surface area contributed by atoms with Crippen LogP contribution in [-0.2, 0) is 13.0 Å². The summed E-state index contributed by atoms with van der Waals surface area (Å²) < 4.78 is 7.32. The van der Waals surface area contributed by atoms with Crippen LogP contribution in [-0.4, -0.2) is 21.5 Å². The molecular formula is C15H20N2O2. The van der Waals surface area contributed by atoms with Crippen LogP contribution in [0.4, 0.5) is 0 Å². The summed E-state index contributed by atoms with van der Waals surface area (Å²) in [5.41, 5.74) is 2.97. The lowest BCUT2D eigenvalue weighted by atomic mass is 10.1. The maximum Gasteiger partial charge on any atom is 0.119 e. The van der Waals surface area contributed by atoms with Crippen LogP contribution in [0.3, 0.4) is 0 Å². The summed E-state index contributed by atoms with van der Waals surface area (Å²) >= 11 is 0. The highest BCUT2D eigenvalue weighted by Gasteiger charge is 2.10. The van der Waals surface area contributed by atoms with E-state index in [2.05, 4.69) is 12.0 Å². The van der Waals surface area contributed by atoms with E-state index in [1.54, 1.807) is 6.20 Å². The molecule has 0 bridgehead atoms. The predicted molar refractivity (Wildman–Crippen MR) is 74.7 cm³/mol. The number of rotatable bonds is 6. The van der Waals surface area contributed by atoms with Gasteiger partial charge in [-0.15, -0.1) is 0 Å². The van der Waals surface area contributed by atoms with Gasteiger partial charge >= 0.3 is 0 Å². The van der Waals surface area contributed by atoms with Crippen molar-refractivity contribution in [3.8, 4) is 11.4 Å². The number of hydrogen-bond donors (Lipinski definition) is 1. The van der Waals surface area contributed by atoms with Gasteiger partial charge in [-0.2, -0.15) is 5.10 Å². The van der Waals surface area contributed by atoms with E-state index in [0.717, 1.165) is 35.5 Å². The van der Waals surface area contributed by atoms with Crippen LogP contribution in [0.15, 0.2) is 30.5 Å². The molecule has 0 amide bonds. The molecule has 1 aromatic carbocycles. The first-order chi connectivity index (χ1) is 9.30. The molecule has 0 aliphatic carbocycles. The summed E-state index contributed by atoms with van der Waals surface area (Å²) in [4.78, 5) is 0. The Hall–Kier alpha value is -1.81. The van der Waals surface area contributed by atoms with Gasteiger partial charge in [-0.05, 0) is 37.6 Å². The summed E-state index contributed by atoms with van der Waals surface area (Å²) in [6, 6.07) is 7.85. The normalized spacial score (nSPS) is 10.7. The third kappa shape index (κ3) is 2.96. The molecule has 0 fully saturated rings. The summed E-state index contributed by atoms with van der Waals surface area (Å²) in [6.07, 6.45) is 3.67. The van der Waals surface area contributed by atoms with E-state index >= 15 is 0 Å². The van der Waals surface area contributed by atoms with Crippen LogP contribution in [0.1, 0.15) is 31.5 Å². The number of aromatic nitrogens is 2. The summed E-state index contributed by atoms with van der Waals surface area (Å²) in [5, 5.41) is 13.7. The molecule has 0 saturated heterocycles. The predicted octanol–water partition coefficient (Wildman–Crippen LogP) is 2.72. The van der Waals surface area contributed by atoms with Gasteiger partial charge in [0.05, 0.1) is 25.1 Å². The van der Waals surface area contributed by atoms with Gasteiger partial charge in [0, 0.05) is 11.3 Å². The fourth-order valence-electron chi connectivity index (χ4n) is 2.12. The van der Waals surface area contributed by atoms with E-state index in [1.165, 1.54) is 0 Å². The Labute approximate surface area is 113 Å². The van der Waals surface area contributed by atoms with Crippen molar-refractivity contribution in [2.24, 2.45) is 0 Å². The molecule has 1 N–H and O–H groups in total. The van der Waals surface area contributed by atoms with Crippen molar-refractivity contribution in [1.29, 1.82) is 0 Å². The fraction of sp³-hybridized carbons (Fsp3) is 0.400. The lowest BCUT2D eigenvalue weighted by molar-refractivity contribution is 0.280. The standard InChI is InChI=1S/C15H20N2O2/c1-3-5-15-12(11-18)10-16-17(15)13-6-8-14(9-7-13)19-4-2/h6-10,18H,3-5,11H2,1-2H3. The SMILES string of the molecule is CCCc1c(CO)cnn1-c1ccc(OCC)cc1. The monoisotopic (exact) mass is 260 g/mol. The summed E-state index contributed by atoms with van der Waals surface area (Å²) in [5.74, 6) is 0.859. The Morgan fingerprint density at radius 2 is 1.95 bits per heavy atom. The van der Waals surface area contributed by atoms with Gasteiger partial charge in [0.2, 0.25) is 0 Å². The number of aliphatic hydroxyl groups excluding tert-OH is 1. The van der Waals surface area contributed by atoms with E-state index in [4.69, 9.17) is 4.74 Å². The molecule has 4 heteroatoms. The molecule has 19 heavy (non-hydrogen) atoms. The highest BCUT2D eigenvalue weighted by atomic mass is 16.5. The first-order valence-electron chi connectivity index (χ1n) is 6.70. The van der Waals surface area contributed by atoms with Gasteiger partial charge < -0.3 is 9.84 Å². The van der Waals surface area contributed by atoms with Gasteiger partial charge in [-0.25, -0.2) is 4.68 Å². The minimum Gasteiger partial charge on any atom is -0.494 e. The fourth-order valence-corrected chi connectivity index (χ4v) is 2.12. The molecule has 2 aromatic rings. The Morgan fingerprint density at radius 1 is 1.21 bits per heavy atom. The Bertz CT molecular complexity index is 517. The maximum absolute atomic E-state index is 9.35. The van der Waals surface area contributed by atoms with Crippen molar-refractivity contribution in [2.45, 2.75) is 33.3 Å². The van der Waals surface area contributed by atoms with Crippen molar-refractivity contribution < 1.29 is 9.84 Å². The zero-order valence-electron chi connectivity index (χ0n) is 11.5. The molecule has 0 atom stereocenters. The van der Waals surface area contributed by atoms with E-state index in [1.807, 2.05) is 35.9 Å². The maximum atomic E-state index is 9.35. The molecule has 0 spiro atoms. The minimum atomic E-state index is 0.0341. The van der Waals surface area contributed by atoms with Gasteiger partial charge in [0.15, 0.2) is 0 Å². The average Bonchev–Trinajstić information content (AvgIpc) is 2.83. The second-order valence-electron chi connectivity index (χ2n) is 4.36. The highest BCUT2D eigenvalue weighted by molar-refractivity contribution is 5.39. The van der Waals surface area contributed by atoms with Crippen LogP contribution in [0, 0.1) is 0 Å². The summed E-state index contributed by atoms with van der Waals surface area (Å²) in [6.45, 7) is 4.79. The minimum absolute atomic E-state index is 0.0341. The van der Waals surface area contributed by atoms with Crippen molar-refractivity contribution in [3.63, 3.8) is 0 Å². The van der Waals surface area contributed by atoms with E-state index in [9.17, 15) is 5.11 Å². The number of benzene rings is 1. The van der Waals surface area contributed by atoms with E-state index < -0.39 is 0 Å². The first-order valence-corrected chi connectivity index (χ1v) is 6.70. The smallest absolute Gasteiger partial charge is 0.119 e. The topological polar surface area (TPSA) is 47.3 Å². The Balaban J connectivity index is 2.32. The molecule has 0 saturated carbocycles. The van der Waals surface area contributed by atoms with Gasteiger partial charge in [-0.3, -0.25) is 0 Å². The second-order valence-corrected chi connectivity index (χ2v) is 4.36. The van der Waals surface area contributed by atoms with Crippen LogP contribution < -0.4 is 4.74 Å². The molecule has 0 radical (unpaired) electrons. The lowest BCUT2D eigenvalue weighted by Crippen LogP contribution is -2.04. The Kier molecular flexibility index (Phi) is 4.58. The first kappa shape index (κ1) is 13.6. The zero-order valence-corrected chi connectivity index (χ0v) is 11.5. The zero-order chi connectivity index (χ0) is 13.7. The molecule has 0 aliphatic heterocycles. The molecule has 0 aliphatic rings. The third-order valence-corrected chi connectivity index (χ3v) is 3.00. The highest BCUT2D eigenvalue weighted by Crippen LogP contribution is 2.19. The van der Waals surface area contributed by atoms with E-state index in [-0.39, 0.29) is 6.61 Å². The van der Waals surface area contributed by atoms with E-state index in [0.29, 0.717) is 6.61 Å². The second kappa shape index (κ2) is 6.38. The van der Waals surface area contributed by atoms with Crippen molar-refractivity contribution >= 4 is 0 Å². The van der Waals surface area contributed by atoms with Gasteiger partial charge in [-0.1, -0.05) is 13.3 Å².